The molecule has 0 N–H and O–H groups in total. The van der Waals surface area contributed by atoms with E-state index < -0.39 is 0 Å². The largest absolute Gasteiger partial charge is 0.314 e. The molecule has 0 saturated heterocycles. The van der Waals surface area contributed by atoms with Crippen LogP contribution >= 0.6 is 0 Å². The molecule has 0 aliphatic carbocycles. The van der Waals surface area contributed by atoms with E-state index in [1.54, 1.807) is 0 Å². The van der Waals surface area contributed by atoms with E-state index in [4.69, 9.17) is 0 Å². The molecule has 1 atom stereocenters. The summed E-state index contributed by atoms with van der Waals surface area (Å²) in [7, 11) is 0. The standard InChI is InChI=1S/C15H17NO/c1-3-12(2)13-6-8-14(9-7-13)16-10-4-5-15(16)11-17/h4-12H,3H2,1-2H3. The Morgan fingerprint density at radius 2 is 1.94 bits per heavy atom. The van der Waals surface area contributed by atoms with Crippen LogP contribution in [0, 0.1) is 0 Å². The molecule has 0 aliphatic heterocycles. The molecule has 0 spiro atoms. The van der Waals surface area contributed by atoms with E-state index >= 15 is 0 Å². The molecular weight excluding hydrogens is 210 g/mol. The Kier molecular flexibility index (Phi) is 3.43. The van der Waals surface area contributed by atoms with Crippen LogP contribution in [0.2, 0.25) is 0 Å². The summed E-state index contributed by atoms with van der Waals surface area (Å²) < 4.78 is 1.90. The van der Waals surface area contributed by atoms with Gasteiger partial charge >= 0.3 is 0 Å². The first-order valence-corrected chi connectivity index (χ1v) is 5.99. The fraction of sp³-hybridized carbons (Fsp3) is 0.267. The van der Waals surface area contributed by atoms with Gasteiger partial charge in [-0.1, -0.05) is 26.0 Å². The maximum absolute atomic E-state index is 10.9. The Labute approximate surface area is 102 Å². The number of aromatic nitrogens is 1. The Morgan fingerprint density at radius 1 is 1.24 bits per heavy atom. The van der Waals surface area contributed by atoms with Crippen molar-refractivity contribution >= 4 is 6.29 Å². The van der Waals surface area contributed by atoms with Crippen LogP contribution in [0.3, 0.4) is 0 Å². The monoisotopic (exact) mass is 227 g/mol. The molecule has 17 heavy (non-hydrogen) atoms. The van der Waals surface area contributed by atoms with Gasteiger partial charge in [0.2, 0.25) is 0 Å². The highest BCUT2D eigenvalue weighted by molar-refractivity contribution is 5.73. The molecule has 2 aromatic rings. The predicted molar refractivity (Wildman–Crippen MR) is 69.9 cm³/mol. The number of carbonyl (C=O) groups excluding carboxylic acids is 1. The summed E-state index contributed by atoms with van der Waals surface area (Å²) >= 11 is 0. The van der Waals surface area contributed by atoms with Crippen molar-refractivity contribution in [1.29, 1.82) is 0 Å². The van der Waals surface area contributed by atoms with Crippen molar-refractivity contribution in [1.82, 2.24) is 4.57 Å². The van der Waals surface area contributed by atoms with Crippen LogP contribution in [0.5, 0.6) is 0 Å². The van der Waals surface area contributed by atoms with Gasteiger partial charge in [-0.2, -0.15) is 0 Å². The third-order valence-electron chi connectivity index (χ3n) is 3.25. The molecule has 2 nitrogen and oxygen atoms in total. The minimum absolute atomic E-state index is 0.583. The van der Waals surface area contributed by atoms with Gasteiger partial charge in [0.25, 0.3) is 0 Å². The van der Waals surface area contributed by atoms with Gasteiger partial charge in [0.1, 0.15) is 0 Å². The van der Waals surface area contributed by atoms with Crippen LogP contribution in [0.25, 0.3) is 5.69 Å². The highest BCUT2D eigenvalue weighted by atomic mass is 16.1. The van der Waals surface area contributed by atoms with Crippen molar-refractivity contribution in [3.05, 3.63) is 53.9 Å². The van der Waals surface area contributed by atoms with Gasteiger partial charge in [0.05, 0.1) is 5.69 Å². The molecular formula is C15H17NO. The molecule has 0 amide bonds. The molecule has 0 saturated carbocycles. The average Bonchev–Trinajstić information content (AvgIpc) is 2.86. The first kappa shape index (κ1) is 11.6. The molecule has 2 heteroatoms. The highest BCUT2D eigenvalue weighted by Crippen LogP contribution is 2.20. The van der Waals surface area contributed by atoms with Gasteiger partial charge in [-0.25, -0.2) is 0 Å². The summed E-state index contributed by atoms with van der Waals surface area (Å²) in [5.74, 6) is 0.583. The Morgan fingerprint density at radius 3 is 2.53 bits per heavy atom. The number of rotatable bonds is 4. The van der Waals surface area contributed by atoms with Gasteiger partial charge < -0.3 is 4.57 Å². The van der Waals surface area contributed by atoms with Gasteiger partial charge in [-0.05, 0) is 42.2 Å². The Bertz CT molecular complexity index is 496. The lowest BCUT2D eigenvalue weighted by Gasteiger charge is -2.11. The normalized spacial score (nSPS) is 12.4. The second-order valence-electron chi connectivity index (χ2n) is 4.32. The first-order valence-electron chi connectivity index (χ1n) is 5.99. The first-order chi connectivity index (χ1) is 8.26. The Hall–Kier alpha value is -1.83. The van der Waals surface area contributed by atoms with Crippen LogP contribution < -0.4 is 0 Å². The molecule has 0 radical (unpaired) electrons. The van der Waals surface area contributed by atoms with Crippen molar-refractivity contribution in [2.45, 2.75) is 26.2 Å². The lowest BCUT2D eigenvalue weighted by molar-refractivity contribution is 0.111. The molecule has 1 heterocycles. The lowest BCUT2D eigenvalue weighted by Crippen LogP contribution is -1.98. The van der Waals surface area contributed by atoms with Crippen molar-refractivity contribution in [3.63, 3.8) is 0 Å². The molecule has 2 rings (SSSR count). The smallest absolute Gasteiger partial charge is 0.166 e. The highest BCUT2D eigenvalue weighted by Gasteiger charge is 2.05. The topological polar surface area (TPSA) is 22.0 Å². The summed E-state index contributed by atoms with van der Waals surface area (Å²) in [6.07, 6.45) is 3.92. The fourth-order valence-electron chi connectivity index (χ4n) is 1.92. The third kappa shape index (κ3) is 2.31. The zero-order valence-corrected chi connectivity index (χ0v) is 10.3. The van der Waals surface area contributed by atoms with Gasteiger partial charge in [-0.15, -0.1) is 0 Å². The van der Waals surface area contributed by atoms with Crippen LogP contribution in [-0.4, -0.2) is 10.9 Å². The molecule has 0 aliphatic rings. The average molecular weight is 227 g/mol. The van der Waals surface area contributed by atoms with Crippen LogP contribution in [0.1, 0.15) is 42.2 Å². The van der Waals surface area contributed by atoms with Crippen LogP contribution in [-0.2, 0) is 0 Å². The van der Waals surface area contributed by atoms with Crippen molar-refractivity contribution < 1.29 is 4.79 Å². The van der Waals surface area contributed by atoms with E-state index in [1.807, 2.05) is 22.9 Å². The number of hydrogen-bond acceptors (Lipinski definition) is 1. The summed E-state index contributed by atoms with van der Waals surface area (Å²) in [5.41, 5.74) is 3.06. The SMILES string of the molecule is CCC(C)c1ccc(-n2cccc2C=O)cc1. The van der Waals surface area contributed by atoms with Crippen molar-refractivity contribution in [2.75, 3.05) is 0 Å². The molecule has 0 bridgehead atoms. The number of hydrogen-bond donors (Lipinski definition) is 0. The molecule has 1 aromatic heterocycles. The fourth-order valence-corrected chi connectivity index (χ4v) is 1.92. The van der Waals surface area contributed by atoms with Gasteiger partial charge in [0, 0.05) is 11.9 Å². The lowest BCUT2D eigenvalue weighted by atomic mass is 9.98. The van der Waals surface area contributed by atoms with Crippen LogP contribution in [0.4, 0.5) is 0 Å². The third-order valence-corrected chi connectivity index (χ3v) is 3.25. The zero-order valence-electron chi connectivity index (χ0n) is 10.3. The second kappa shape index (κ2) is 5.00. The summed E-state index contributed by atoms with van der Waals surface area (Å²) in [6, 6.07) is 12.1. The second-order valence-corrected chi connectivity index (χ2v) is 4.32. The molecule has 0 fully saturated rings. The van der Waals surface area contributed by atoms with E-state index in [9.17, 15) is 4.79 Å². The predicted octanol–water partition coefficient (Wildman–Crippen LogP) is 3.80. The number of nitrogens with zero attached hydrogens (tertiary/aromatic N) is 1. The summed E-state index contributed by atoms with van der Waals surface area (Å²) in [5, 5.41) is 0. The maximum atomic E-state index is 10.9. The van der Waals surface area contributed by atoms with Gasteiger partial charge in [0.15, 0.2) is 6.29 Å². The van der Waals surface area contributed by atoms with E-state index in [-0.39, 0.29) is 0 Å². The van der Waals surface area contributed by atoms with E-state index in [1.165, 1.54) is 5.56 Å². The van der Waals surface area contributed by atoms with E-state index in [0.29, 0.717) is 11.6 Å². The van der Waals surface area contributed by atoms with E-state index in [0.717, 1.165) is 18.4 Å². The van der Waals surface area contributed by atoms with Crippen molar-refractivity contribution in [3.8, 4) is 5.69 Å². The summed E-state index contributed by atoms with van der Waals surface area (Å²) in [4.78, 5) is 10.9. The number of carbonyl (C=O) groups is 1. The van der Waals surface area contributed by atoms with E-state index in [2.05, 4.69) is 38.1 Å². The van der Waals surface area contributed by atoms with Crippen LogP contribution in [0.15, 0.2) is 42.6 Å². The molecule has 88 valence electrons. The molecule has 1 unspecified atom stereocenters. The van der Waals surface area contributed by atoms with Crippen molar-refractivity contribution in [2.24, 2.45) is 0 Å². The zero-order chi connectivity index (χ0) is 12.3. The number of benzene rings is 1. The quantitative estimate of drug-likeness (QED) is 0.728. The Balaban J connectivity index is 2.32. The number of aldehydes is 1. The maximum Gasteiger partial charge on any atom is 0.166 e. The molecule has 1 aromatic carbocycles. The summed E-state index contributed by atoms with van der Waals surface area (Å²) in [6.45, 7) is 4.41. The minimum Gasteiger partial charge on any atom is -0.314 e. The minimum atomic E-state index is 0.583. The van der Waals surface area contributed by atoms with Gasteiger partial charge in [-0.3, -0.25) is 4.79 Å².